The average Bonchev–Trinajstić information content (AvgIpc) is 3.92. The van der Waals surface area contributed by atoms with Crippen LogP contribution in [-0.2, 0) is 12.8 Å². The van der Waals surface area contributed by atoms with Gasteiger partial charge in [0.1, 0.15) is 17.2 Å². The van der Waals surface area contributed by atoms with E-state index < -0.39 is 0 Å². The SMILES string of the molecule is C=c1c(-c2cc3c(-c4cc(F)cc(CCCN5CCCC5)c4)ccnc3[nH]2)n[nH]/c1=C/C=C(\C)c1cncc(CCCN2CCCC2)c1. The van der Waals surface area contributed by atoms with Gasteiger partial charge in [-0.1, -0.05) is 18.7 Å². The topological polar surface area (TPSA) is 76.7 Å². The van der Waals surface area contributed by atoms with Crippen molar-refractivity contribution in [1.82, 2.24) is 34.9 Å². The Morgan fingerprint density at radius 3 is 2.40 bits per heavy atom. The molecule has 2 N–H and O–H groups in total. The number of nitrogens with one attached hydrogen (secondary N) is 2. The Bertz CT molecular complexity index is 2010. The molecule has 0 atom stereocenters. The van der Waals surface area contributed by atoms with Crippen LogP contribution in [0.15, 0.2) is 61.1 Å². The summed E-state index contributed by atoms with van der Waals surface area (Å²) in [5.41, 5.74) is 8.65. The third kappa shape index (κ3) is 7.50. The summed E-state index contributed by atoms with van der Waals surface area (Å²) < 4.78 is 14.9. The van der Waals surface area contributed by atoms with E-state index in [1.54, 1.807) is 18.3 Å². The number of allylic oxidation sites excluding steroid dienone is 2. The van der Waals surface area contributed by atoms with Crippen LogP contribution in [0.2, 0.25) is 0 Å². The highest BCUT2D eigenvalue weighted by molar-refractivity contribution is 5.96. The number of rotatable bonds is 12. The molecule has 0 saturated carbocycles. The summed E-state index contributed by atoms with van der Waals surface area (Å²) in [6, 6.07) is 11.7. The van der Waals surface area contributed by atoms with Gasteiger partial charge in [-0.2, -0.15) is 5.10 Å². The molecule has 5 aromatic rings. The minimum Gasteiger partial charge on any atom is -0.338 e. The monoisotopic (exact) mass is 643 g/mol. The molecule has 48 heavy (non-hydrogen) atoms. The zero-order chi connectivity index (χ0) is 32.9. The van der Waals surface area contributed by atoms with Crippen LogP contribution in [0.25, 0.3) is 51.8 Å². The van der Waals surface area contributed by atoms with E-state index in [1.807, 2.05) is 30.6 Å². The number of H-pyrrole nitrogens is 2. The first kappa shape index (κ1) is 32.2. The molecular formula is C40H46FN7. The van der Waals surface area contributed by atoms with E-state index in [0.29, 0.717) is 0 Å². The maximum atomic E-state index is 14.9. The number of aromatic nitrogens is 5. The van der Waals surface area contributed by atoms with Gasteiger partial charge in [-0.25, -0.2) is 9.37 Å². The Balaban J connectivity index is 1.08. The van der Waals surface area contributed by atoms with Crippen molar-refractivity contribution in [2.45, 2.75) is 58.3 Å². The van der Waals surface area contributed by atoms with Crippen LogP contribution < -0.4 is 10.6 Å². The lowest BCUT2D eigenvalue weighted by atomic mass is 9.99. The average molecular weight is 644 g/mol. The van der Waals surface area contributed by atoms with Gasteiger partial charge < -0.3 is 14.8 Å². The molecule has 1 aromatic carbocycles. The van der Waals surface area contributed by atoms with Crippen molar-refractivity contribution in [3.05, 3.63) is 94.1 Å². The normalized spacial score (nSPS) is 16.5. The van der Waals surface area contributed by atoms with Gasteiger partial charge in [0.2, 0.25) is 0 Å². The second-order valence-corrected chi connectivity index (χ2v) is 13.5. The Hall–Kier alpha value is -4.40. The number of benzene rings is 1. The quantitative estimate of drug-likeness (QED) is 0.162. The molecular weight excluding hydrogens is 597 g/mol. The van der Waals surface area contributed by atoms with E-state index >= 15 is 0 Å². The van der Waals surface area contributed by atoms with E-state index in [-0.39, 0.29) is 5.82 Å². The minimum atomic E-state index is -0.208. The maximum absolute atomic E-state index is 14.9. The number of fused-ring (bicyclic) bond motifs is 1. The first-order valence-corrected chi connectivity index (χ1v) is 17.6. The lowest BCUT2D eigenvalue weighted by Crippen LogP contribution is -2.21. The van der Waals surface area contributed by atoms with E-state index in [4.69, 9.17) is 0 Å². The molecule has 248 valence electrons. The zero-order valence-corrected chi connectivity index (χ0v) is 28.1. The third-order valence-electron chi connectivity index (χ3n) is 9.98. The molecule has 0 spiro atoms. The van der Waals surface area contributed by atoms with Crippen molar-refractivity contribution >= 4 is 29.3 Å². The number of aromatic amines is 2. The van der Waals surface area contributed by atoms with Crippen LogP contribution >= 0.6 is 0 Å². The van der Waals surface area contributed by atoms with Gasteiger partial charge in [0, 0.05) is 29.2 Å². The van der Waals surface area contributed by atoms with Crippen molar-refractivity contribution in [2.24, 2.45) is 0 Å². The zero-order valence-electron chi connectivity index (χ0n) is 28.1. The van der Waals surface area contributed by atoms with Crippen molar-refractivity contribution in [1.29, 1.82) is 0 Å². The molecule has 2 aliphatic rings. The van der Waals surface area contributed by atoms with Crippen LogP contribution in [0.5, 0.6) is 0 Å². The number of hydrogen-bond donors (Lipinski definition) is 2. The highest BCUT2D eigenvalue weighted by Crippen LogP contribution is 2.31. The smallest absolute Gasteiger partial charge is 0.138 e. The second kappa shape index (κ2) is 14.8. The summed E-state index contributed by atoms with van der Waals surface area (Å²) in [6.07, 6.45) is 19.2. The Morgan fingerprint density at radius 2 is 1.65 bits per heavy atom. The lowest BCUT2D eigenvalue weighted by molar-refractivity contribution is 0.334. The van der Waals surface area contributed by atoms with Gasteiger partial charge in [0.15, 0.2) is 0 Å². The third-order valence-corrected chi connectivity index (χ3v) is 9.98. The van der Waals surface area contributed by atoms with E-state index in [0.717, 1.165) is 93.0 Å². The van der Waals surface area contributed by atoms with Gasteiger partial charge in [-0.3, -0.25) is 10.1 Å². The van der Waals surface area contributed by atoms with E-state index in [9.17, 15) is 4.39 Å². The molecule has 7 rings (SSSR count). The highest BCUT2D eigenvalue weighted by atomic mass is 19.1. The van der Waals surface area contributed by atoms with Gasteiger partial charge in [-0.15, -0.1) is 0 Å². The first-order chi connectivity index (χ1) is 23.5. The fraction of sp³-hybridized carbons (Fsp3) is 0.375. The molecule has 0 radical (unpaired) electrons. The molecule has 0 aliphatic carbocycles. The standard InChI is InChI=1S/C40H46FN7/c1-28(33-22-31(26-42-27-33)10-8-20-48-17-5-6-18-48)11-12-37-29(2)39(46-45-37)38-25-36-35(13-14-43-40(36)44-38)32-21-30(23-34(41)24-32)9-7-19-47-15-3-4-16-47/h11-14,21-27,45H,2-10,15-20H2,1H3,(H,43,44)/b28-11+,37-12+. The van der Waals surface area contributed by atoms with Crippen molar-refractivity contribution < 1.29 is 4.39 Å². The summed E-state index contributed by atoms with van der Waals surface area (Å²) in [5, 5.41) is 10.4. The predicted molar refractivity (Wildman–Crippen MR) is 194 cm³/mol. The molecule has 4 aromatic heterocycles. The highest BCUT2D eigenvalue weighted by Gasteiger charge is 2.15. The molecule has 8 heteroatoms. The molecule has 0 amide bonds. The van der Waals surface area contributed by atoms with Gasteiger partial charge in [0.25, 0.3) is 0 Å². The van der Waals surface area contributed by atoms with Gasteiger partial charge in [-0.05, 0) is 167 Å². The predicted octanol–water partition coefficient (Wildman–Crippen LogP) is 6.51. The number of aryl methyl sites for hydroxylation is 2. The fourth-order valence-electron chi connectivity index (χ4n) is 7.27. The van der Waals surface area contributed by atoms with Crippen LogP contribution in [0.1, 0.15) is 62.1 Å². The largest absolute Gasteiger partial charge is 0.338 e. The van der Waals surface area contributed by atoms with Crippen LogP contribution in [-0.4, -0.2) is 74.2 Å². The lowest BCUT2D eigenvalue weighted by Gasteiger charge is -2.14. The van der Waals surface area contributed by atoms with Crippen molar-refractivity contribution in [3.63, 3.8) is 0 Å². The number of likely N-dealkylation sites (tertiary alicyclic amines) is 2. The molecule has 2 fully saturated rings. The summed E-state index contributed by atoms with van der Waals surface area (Å²) in [5.74, 6) is -0.208. The molecule has 7 nitrogen and oxygen atoms in total. The maximum Gasteiger partial charge on any atom is 0.138 e. The van der Waals surface area contributed by atoms with E-state index in [2.05, 4.69) is 66.7 Å². The van der Waals surface area contributed by atoms with Crippen LogP contribution in [0.4, 0.5) is 4.39 Å². The first-order valence-electron chi connectivity index (χ1n) is 17.6. The number of halogens is 1. The summed E-state index contributed by atoms with van der Waals surface area (Å²) in [4.78, 5) is 17.6. The molecule has 2 aliphatic heterocycles. The molecule has 6 heterocycles. The minimum absolute atomic E-state index is 0.208. The fourth-order valence-corrected chi connectivity index (χ4v) is 7.27. The van der Waals surface area contributed by atoms with Crippen molar-refractivity contribution in [2.75, 3.05) is 39.3 Å². The van der Waals surface area contributed by atoms with Gasteiger partial charge >= 0.3 is 0 Å². The summed E-state index contributed by atoms with van der Waals surface area (Å²) >= 11 is 0. The van der Waals surface area contributed by atoms with Crippen LogP contribution in [0, 0.1) is 5.82 Å². The van der Waals surface area contributed by atoms with Crippen molar-refractivity contribution in [3.8, 4) is 22.5 Å². The number of pyridine rings is 2. The number of hydrogen-bond acceptors (Lipinski definition) is 5. The molecule has 0 unspecified atom stereocenters. The summed E-state index contributed by atoms with van der Waals surface area (Å²) in [6.45, 7) is 13.6. The molecule has 2 saturated heterocycles. The summed E-state index contributed by atoms with van der Waals surface area (Å²) in [7, 11) is 0. The second-order valence-electron chi connectivity index (χ2n) is 13.5. The Kier molecular flexibility index (Phi) is 9.91. The Morgan fingerprint density at radius 1 is 0.917 bits per heavy atom. The van der Waals surface area contributed by atoms with Gasteiger partial charge in [0.05, 0.1) is 11.0 Å². The van der Waals surface area contributed by atoms with E-state index in [1.165, 1.54) is 64.0 Å². The number of nitrogens with zero attached hydrogens (tertiary/aromatic N) is 5. The Labute approximate surface area is 282 Å². The molecule has 0 bridgehead atoms. The van der Waals surface area contributed by atoms with Crippen LogP contribution in [0.3, 0.4) is 0 Å².